The fourth-order valence-corrected chi connectivity index (χ4v) is 1.73. The van der Waals surface area contributed by atoms with Gasteiger partial charge in [0.2, 0.25) is 0 Å². The molecule has 0 amide bonds. The highest BCUT2D eigenvalue weighted by Gasteiger charge is 2.09. The Morgan fingerprint density at radius 3 is 2.73 bits per heavy atom. The van der Waals surface area contributed by atoms with Gasteiger partial charge < -0.3 is 10.6 Å². The predicted molar refractivity (Wildman–Crippen MR) is 63.7 cm³/mol. The van der Waals surface area contributed by atoms with Gasteiger partial charge >= 0.3 is 0 Å². The molecule has 0 heterocycles. The third-order valence-electron chi connectivity index (χ3n) is 2.46. The third-order valence-corrected chi connectivity index (χ3v) is 2.46. The number of anilines is 2. The molecule has 0 bridgehead atoms. The van der Waals surface area contributed by atoms with E-state index in [1.807, 2.05) is 25.1 Å². The first-order chi connectivity index (χ1) is 7.20. The number of nitriles is 1. The number of para-hydroxylation sites is 1. The number of rotatable bonds is 4. The third kappa shape index (κ3) is 2.63. The highest BCUT2D eigenvalue weighted by Crippen LogP contribution is 2.27. The van der Waals surface area contributed by atoms with E-state index in [2.05, 4.69) is 17.9 Å². The zero-order chi connectivity index (χ0) is 11.3. The minimum atomic E-state index is 0.529. The van der Waals surface area contributed by atoms with Crippen LogP contribution in [0, 0.1) is 18.3 Å². The van der Waals surface area contributed by atoms with Crippen LogP contribution in [-0.2, 0) is 0 Å². The summed E-state index contributed by atoms with van der Waals surface area (Å²) < 4.78 is 0. The molecule has 0 saturated carbocycles. The number of hydrogen-bond acceptors (Lipinski definition) is 3. The van der Waals surface area contributed by atoms with Crippen LogP contribution >= 0.6 is 0 Å². The Morgan fingerprint density at radius 2 is 2.20 bits per heavy atom. The van der Waals surface area contributed by atoms with E-state index in [0.29, 0.717) is 6.42 Å². The number of nitrogens with zero attached hydrogens (tertiary/aromatic N) is 2. The van der Waals surface area contributed by atoms with Crippen molar-refractivity contribution in [2.24, 2.45) is 0 Å². The summed E-state index contributed by atoms with van der Waals surface area (Å²) in [7, 11) is 0. The van der Waals surface area contributed by atoms with Crippen molar-refractivity contribution in [1.29, 1.82) is 5.26 Å². The first-order valence-corrected chi connectivity index (χ1v) is 5.17. The molecule has 0 saturated heterocycles. The molecule has 0 atom stereocenters. The number of hydrogen-bond donors (Lipinski definition) is 1. The molecule has 0 unspecified atom stereocenters. The molecule has 80 valence electrons. The van der Waals surface area contributed by atoms with Crippen LogP contribution in [0.5, 0.6) is 0 Å². The van der Waals surface area contributed by atoms with Crippen molar-refractivity contribution in [3.05, 3.63) is 23.8 Å². The normalized spacial score (nSPS) is 9.67. The van der Waals surface area contributed by atoms with Crippen molar-refractivity contribution in [3.63, 3.8) is 0 Å². The number of benzene rings is 1. The van der Waals surface area contributed by atoms with Crippen LogP contribution in [0.1, 0.15) is 18.9 Å². The van der Waals surface area contributed by atoms with Gasteiger partial charge in [-0.3, -0.25) is 0 Å². The predicted octanol–water partition coefficient (Wildman–Crippen LogP) is 2.32. The number of nitrogens with two attached hydrogens (primary N) is 1. The molecule has 0 aliphatic heterocycles. The quantitative estimate of drug-likeness (QED) is 0.764. The van der Waals surface area contributed by atoms with Gasteiger partial charge in [-0.15, -0.1) is 0 Å². The van der Waals surface area contributed by atoms with Gasteiger partial charge in [-0.25, -0.2) is 0 Å². The summed E-state index contributed by atoms with van der Waals surface area (Å²) in [4.78, 5) is 2.15. The Bertz CT molecular complexity index is 345. The molecule has 0 aromatic heterocycles. The fourth-order valence-electron chi connectivity index (χ4n) is 1.73. The summed E-state index contributed by atoms with van der Waals surface area (Å²) in [5.74, 6) is 0. The molecular weight excluding hydrogens is 186 g/mol. The lowest BCUT2D eigenvalue weighted by Crippen LogP contribution is -2.25. The zero-order valence-electron chi connectivity index (χ0n) is 9.33. The standard InChI is InChI=1S/C12H17N3/c1-3-15(9-5-8-13)12-10(2)6-4-7-11(12)14/h4,6-7H,3,5,9,14H2,1-2H3. The summed E-state index contributed by atoms with van der Waals surface area (Å²) in [5.41, 5.74) is 8.96. The molecule has 0 fully saturated rings. The van der Waals surface area contributed by atoms with Crippen molar-refractivity contribution < 1.29 is 0 Å². The zero-order valence-corrected chi connectivity index (χ0v) is 9.33. The molecule has 1 rings (SSSR count). The van der Waals surface area contributed by atoms with Crippen LogP contribution in [0.3, 0.4) is 0 Å². The Balaban J connectivity index is 2.96. The molecule has 0 aliphatic carbocycles. The van der Waals surface area contributed by atoms with Crippen LogP contribution in [0.25, 0.3) is 0 Å². The fraction of sp³-hybridized carbons (Fsp3) is 0.417. The molecule has 0 spiro atoms. The summed E-state index contributed by atoms with van der Waals surface area (Å²) in [5, 5.41) is 8.59. The van der Waals surface area contributed by atoms with Crippen LogP contribution in [0.2, 0.25) is 0 Å². The minimum absolute atomic E-state index is 0.529. The lowest BCUT2D eigenvalue weighted by molar-refractivity contribution is 0.825. The number of aryl methyl sites for hydroxylation is 1. The van der Waals surface area contributed by atoms with Gasteiger partial charge in [0.1, 0.15) is 0 Å². The van der Waals surface area contributed by atoms with E-state index in [1.165, 1.54) is 0 Å². The minimum Gasteiger partial charge on any atom is -0.397 e. The van der Waals surface area contributed by atoms with Gasteiger partial charge in [-0.2, -0.15) is 5.26 Å². The lowest BCUT2D eigenvalue weighted by atomic mass is 10.1. The maximum Gasteiger partial charge on any atom is 0.0640 e. The van der Waals surface area contributed by atoms with Crippen molar-refractivity contribution in [1.82, 2.24) is 0 Å². The van der Waals surface area contributed by atoms with E-state index in [0.717, 1.165) is 30.0 Å². The van der Waals surface area contributed by atoms with Gasteiger partial charge in [-0.05, 0) is 25.5 Å². The van der Waals surface area contributed by atoms with E-state index in [1.54, 1.807) is 0 Å². The van der Waals surface area contributed by atoms with Gasteiger partial charge in [0.15, 0.2) is 0 Å². The van der Waals surface area contributed by atoms with Crippen LogP contribution in [0.15, 0.2) is 18.2 Å². The van der Waals surface area contributed by atoms with Gasteiger partial charge in [0.05, 0.1) is 23.9 Å². The monoisotopic (exact) mass is 203 g/mol. The second-order valence-corrected chi connectivity index (χ2v) is 3.50. The topological polar surface area (TPSA) is 53.0 Å². The van der Waals surface area contributed by atoms with Gasteiger partial charge in [-0.1, -0.05) is 12.1 Å². The van der Waals surface area contributed by atoms with E-state index < -0.39 is 0 Å². The average Bonchev–Trinajstić information content (AvgIpc) is 2.22. The van der Waals surface area contributed by atoms with Gasteiger partial charge in [0.25, 0.3) is 0 Å². The van der Waals surface area contributed by atoms with Crippen molar-refractivity contribution in [2.75, 3.05) is 23.7 Å². The Morgan fingerprint density at radius 1 is 1.47 bits per heavy atom. The Labute approximate surface area is 91.1 Å². The van der Waals surface area contributed by atoms with Gasteiger partial charge in [0, 0.05) is 13.1 Å². The van der Waals surface area contributed by atoms with Crippen molar-refractivity contribution in [3.8, 4) is 6.07 Å². The number of nitrogen functional groups attached to an aromatic ring is 1. The molecule has 3 heteroatoms. The molecule has 1 aromatic rings. The molecular formula is C12H17N3. The van der Waals surface area contributed by atoms with E-state index in [-0.39, 0.29) is 0 Å². The maximum atomic E-state index is 8.59. The SMILES string of the molecule is CCN(CCC#N)c1c(C)cccc1N. The summed E-state index contributed by atoms with van der Waals surface area (Å²) in [6, 6.07) is 8.05. The van der Waals surface area contributed by atoms with E-state index in [9.17, 15) is 0 Å². The van der Waals surface area contributed by atoms with Crippen LogP contribution in [-0.4, -0.2) is 13.1 Å². The molecule has 2 N–H and O–H groups in total. The summed E-state index contributed by atoms with van der Waals surface area (Å²) >= 11 is 0. The maximum absolute atomic E-state index is 8.59. The first-order valence-electron chi connectivity index (χ1n) is 5.17. The first kappa shape index (κ1) is 11.4. The van der Waals surface area contributed by atoms with Crippen molar-refractivity contribution >= 4 is 11.4 Å². The molecule has 0 radical (unpaired) electrons. The Kier molecular flexibility index (Phi) is 3.99. The highest BCUT2D eigenvalue weighted by molar-refractivity contribution is 5.71. The lowest BCUT2D eigenvalue weighted by Gasteiger charge is -2.25. The van der Waals surface area contributed by atoms with Crippen molar-refractivity contribution in [2.45, 2.75) is 20.3 Å². The molecule has 15 heavy (non-hydrogen) atoms. The average molecular weight is 203 g/mol. The summed E-state index contributed by atoms with van der Waals surface area (Å²) in [6.45, 7) is 5.72. The van der Waals surface area contributed by atoms with E-state index in [4.69, 9.17) is 11.0 Å². The second-order valence-electron chi connectivity index (χ2n) is 3.50. The molecule has 1 aromatic carbocycles. The second kappa shape index (κ2) is 5.26. The molecule has 3 nitrogen and oxygen atoms in total. The largest absolute Gasteiger partial charge is 0.397 e. The van der Waals surface area contributed by atoms with Crippen LogP contribution < -0.4 is 10.6 Å². The van der Waals surface area contributed by atoms with Crippen LogP contribution in [0.4, 0.5) is 11.4 Å². The summed E-state index contributed by atoms with van der Waals surface area (Å²) in [6.07, 6.45) is 0.529. The molecule has 0 aliphatic rings. The highest BCUT2D eigenvalue weighted by atomic mass is 15.1. The Hall–Kier alpha value is -1.69. The van der Waals surface area contributed by atoms with E-state index >= 15 is 0 Å². The smallest absolute Gasteiger partial charge is 0.0640 e.